The molecule has 0 atom stereocenters. The van der Waals surface area contributed by atoms with Gasteiger partial charge in [0.25, 0.3) is 0 Å². The summed E-state index contributed by atoms with van der Waals surface area (Å²) in [7, 11) is 0. The predicted molar refractivity (Wildman–Crippen MR) is 58.3 cm³/mol. The maximum atomic E-state index is 5.78. The van der Waals surface area contributed by atoms with Crippen molar-refractivity contribution >= 4 is 11.9 Å². The third kappa shape index (κ3) is 2.90. The Kier molecular flexibility index (Phi) is 3.50. The second-order valence-electron chi connectivity index (χ2n) is 3.17. The van der Waals surface area contributed by atoms with E-state index in [0.717, 1.165) is 24.2 Å². The molecule has 0 saturated heterocycles. The molecule has 0 heterocycles. The molecule has 2 nitrogen and oxygen atoms in total. The lowest BCUT2D eigenvalue weighted by molar-refractivity contribution is 0.937. The highest BCUT2D eigenvalue weighted by Crippen LogP contribution is 2.11. The van der Waals surface area contributed by atoms with Gasteiger partial charge in [0.1, 0.15) is 0 Å². The van der Waals surface area contributed by atoms with Crippen LogP contribution < -0.4 is 5.73 Å². The minimum Gasteiger partial charge on any atom is -0.398 e. The van der Waals surface area contributed by atoms with Crippen LogP contribution in [-0.4, -0.2) is 12.8 Å². The maximum Gasteiger partial charge on any atom is 0.0403 e. The van der Waals surface area contributed by atoms with E-state index in [4.69, 9.17) is 5.73 Å². The molecule has 2 heteroatoms. The van der Waals surface area contributed by atoms with Crippen LogP contribution in [0.15, 0.2) is 23.2 Å². The van der Waals surface area contributed by atoms with Crippen LogP contribution in [0.5, 0.6) is 0 Å². The number of nitrogens with zero attached hydrogens (tertiary/aromatic N) is 1. The fourth-order valence-corrected chi connectivity index (χ4v) is 1.10. The van der Waals surface area contributed by atoms with Crippen LogP contribution in [0.1, 0.15) is 24.5 Å². The number of nitrogen functional groups attached to an aromatic ring is 1. The summed E-state index contributed by atoms with van der Waals surface area (Å²) in [6.07, 6.45) is 2.92. The summed E-state index contributed by atoms with van der Waals surface area (Å²) in [4.78, 5) is 4.26. The topological polar surface area (TPSA) is 38.4 Å². The van der Waals surface area contributed by atoms with Crippen molar-refractivity contribution in [3.8, 4) is 0 Å². The van der Waals surface area contributed by atoms with Crippen molar-refractivity contribution in [3.63, 3.8) is 0 Å². The number of benzene rings is 1. The molecule has 0 aliphatic carbocycles. The summed E-state index contributed by atoms with van der Waals surface area (Å²) in [6, 6.07) is 5.98. The van der Waals surface area contributed by atoms with Crippen molar-refractivity contribution in [3.05, 3.63) is 29.3 Å². The zero-order chi connectivity index (χ0) is 9.68. The number of rotatable bonds is 3. The Hall–Kier alpha value is -1.31. The Balaban J connectivity index is 2.81. The van der Waals surface area contributed by atoms with E-state index in [2.05, 4.69) is 24.9 Å². The number of aliphatic imine (C=N–C) groups is 1. The van der Waals surface area contributed by atoms with Gasteiger partial charge in [-0.1, -0.05) is 18.6 Å². The highest BCUT2D eigenvalue weighted by Gasteiger charge is 1.94. The number of nitrogens with two attached hydrogens (primary N) is 1. The Morgan fingerprint density at radius 3 is 2.92 bits per heavy atom. The quantitative estimate of drug-likeness (QED) is 0.557. The van der Waals surface area contributed by atoms with E-state index in [1.54, 1.807) is 0 Å². The summed E-state index contributed by atoms with van der Waals surface area (Å²) in [5.41, 5.74) is 8.81. The molecule has 0 aromatic heterocycles. The van der Waals surface area contributed by atoms with E-state index in [0.29, 0.717) is 0 Å². The van der Waals surface area contributed by atoms with Gasteiger partial charge in [-0.15, -0.1) is 0 Å². The summed E-state index contributed by atoms with van der Waals surface area (Å²) >= 11 is 0. The van der Waals surface area contributed by atoms with Crippen LogP contribution in [0.25, 0.3) is 0 Å². The minimum absolute atomic E-state index is 0.797. The Labute approximate surface area is 79.5 Å². The van der Waals surface area contributed by atoms with Crippen LogP contribution in [0, 0.1) is 6.92 Å². The van der Waals surface area contributed by atoms with E-state index in [-0.39, 0.29) is 0 Å². The largest absolute Gasteiger partial charge is 0.398 e. The van der Waals surface area contributed by atoms with Gasteiger partial charge in [-0.25, -0.2) is 0 Å². The van der Waals surface area contributed by atoms with Gasteiger partial charge in [0, 0.05) is 24.0 Å². The van der Waals surface area contributed by atoms with Gasteiger partial charge in [0.05, 0.1) is 0 Å². The van der Waals surface area contributed by atoms with Gasteiger partial charge in [0.15, 0.2) is 0 Å². The van der Waals surface area contributed by atoms with E-state index in [1.165, 1.54) is 5.56 Å². The Morgan fingerprint density at radius 2 is 2.23 bits per heavy atom. The third-order valence-corrected chi connectivity index (χ3v) is 1.83. The molecule has 70 valence electrons. The maximum absolute atomic E-state index is 5.78. The molecule has 0 aliphatic rings. The predicted octanol–water partition coefficient (Wildman–Crippen LogP) is 2.41. The summed E-state index contributed by atoms with van der Waals surface area (Å²) in [6.45, 7) is 5.03. The van der Waals surface area contributed by atoms with Gasteiger partial charge in [0.2, 0.25) is 0 Å². The van der Waals surface area contributed by atoms with Gasteiger partial charge >= 0.3 is 0 Å². The first-order valence-corrected chi connectivity index (χ1v) is 4.60. The summed E-state index contributed by atoms with van der Waals surface area (Å²) < 4.78 is 0. The van der Waals surface area contributed by atoms with Crippen molar-refractivity contribution < 1.29 is 0 Å². The molecular formula is C11H16N2. The molecule has 1 rings (SSSR count). The number of hydrogen-bond acceptors (Lipinski definition) is 2. The molecule has 0 radical (unpaired) electrons. The molecule has 1 aromatic rings. The minimum atomic E-state index is 0.797. The van der Waals surface area contributed by atoms with E-state index in [9.17, 15) is 0 Å². The molecule has 0 amide bonds. The highest BCUT2D eigenvalue weighted by atomic mass is 14.7. The molecular weight excluding hydrogens is 160 g/mol. The monoisotopic (exact) mass is 176 g/mol. The lowest BCUT2D eigenvalue weighted by Gasteiger charge is -2.00. The molecule has 0 saturated carbocycles. The molecule has 13 heavy (non-hydrogen) atoms. The van der Waals surface area contributed by atoms with Crippen molar-refractivity contribution in [2.45, 2.75) is 20.3 Å². The SMILES string of the molecule is CCCN=Cc1cc(C)ccc1N. The van der Waals surface area contributed by atoms with Crippen molar-refractivity contribution in [2.24, 2.45) is 4.99 Å². The van der Waals surface area contributed by atoms with Crippen LogP contribution in [0.3, 0.4) is 0 Å². The second-order valence-corrected chi connectivity index (χ2v) is 3.17. The second kappa shape index (κ2) is 4.65. The van der Waals surface area contributed by atoms with Crippen LogP contribution in [0.2, 0.25) is 0 Å². The molecule has 0 bridgehead atoms. The highest BCUT2D eigenvalue weighted by molar-refractivity contribution is 5.87. The first-order valence-electron chi connectivity index (χ1n) is 4.60. The average Bonchev–Trinajstić information content (AvgIpc) is 2.11. The van der Waals surface area contributed by atoms with Crippen LogP contribution in [-0.2, 0) is 0 Å². The smallest absolute Gasteiger partial charge is 0.0403 e. The molecule has 2 N–H and O–H groups in total. The molecule has 0 spiro atoms. The van der Waals surface area contributed by atoms with Gasteiger partial charge in [-0.3, -0.25) is 4.99 Å². The first-order chi connectivity index (χ1) is 6.24. The van der Waals surface area contributed by atoms with Crippen LogP contribution >= 0.6 is 0 Å². The van der Waals surface area contributed by atoms with E-state index in [1.807, 2.05) is 18.3 Å². The van der Waals surface area contributed by atoms with Gasteiger partial charge in [-0.05, 0) is 25.5 Å². The first kappa shape index (κ1) is 9.78. The third-order valence-electron chi connectivity index (χ3n) is 1.83. The summed E-state index contributed by atoms with van der Waals surface area (Å²) in [5, 5.41) is 0. The zero-order valence-corrected chi connectivity index (χ0v) is 8.25. The van der Waals surface area contributed by atoms with Crippen molar-refractivity contribution in [1.82, 2.24) is 0 Å². The lowest BCUT2D eigenvalue weighted by atomic mass is 10.1. The van der Waals surface area contributed by atoms with Crippen LogP contribution in [0.4, 0.5) is 5.69 Å². The van der Waals surface area contributed by atoms with E-state index >= 15 is 0 Å². The fraction of sp³-hybridized carbons (Fsp3) is 0.364. The molecule has 1 aromatic carbocycles. The van der Waals surface area contributed by atoms with Gasteiger partial charge < -0.3 is 5.73 Å². The Morgan fingerprint density at radius 1 is 1.46 bits per heavy atom. The van der Waals surface area contributed by atoms with Crippen molar-refractivity contribution in [2.75, 3.05) is 12.3 Å². The number of hydrogen-bond donors (Lipinski definition) is 1. The lowest BCUT2D eigenvalue weighted by Crippen LogP contribution is -1.94. The molecule has 0 fully saturated rings. The molecule has 0 aliphatic heterocycles. The standard InChI is InChI=1S/C11H16N2/c1-3-6-13-8-10-7-9(2)4-5-11(10)12/h4-5,7-8H,3,6,12H2,1-2H3. The number of aryl methyl sites for hydroxylation is 1. The van der Waals surface area contributed by atoms with E-state index < -0.39 is 0 Å². The molecule has 0 unspecified atom stereocenters. The number of anilines is 1. The zero-order valence-electron chi connectivity index (χ0n) is 8.25. The summed E-state index contributed by atoms with van der Waals surface area (Å²) in [5.74, 6) is 0. The Bertz CT molecular complexity index is 303. The normalized spacial score (nSPS) is 10.9. The average molecular weight is 176 g/mol. The fourth-order valence-electron chi connectivity index (χ4n) is 1.10. The van der Waals surface area contributed by atoms with Crippen molar-refractivity contribution in [1.29, 1.82) is 0 Å². The van der Waals surface area contributed by atoms with Gasteiger partial charge in [-0.2, -0.15) is 0 Å².